The number of amides is 1. The minimum Gasteiger partial charge on any atom is -0.507 e. The van der Waals surface area contributed by atoms with Crippen LogP contribution in [0.3, 0.4) is 0 Å². The van der Waals surface area contributed by atoms with E-state index in [0.29, 0.717) is 11.0 Å². The van der Waals surface area contributed by atoms with Crippen LogP contribution in [0.2, 0.25) is 0 Å². The Morgan fingerprint density at radius 3 is 2.35 bits per heavy atom. The molecule has 0 saturated heterocycles. The molecular formula is C48H59N3O11. The summed E-state index contributed by atoms with van der Waals surface area (Å²) in [5.74, 6) is -6.22. The summed E-state index contributed by atoms with van der Waals surface area (Å²) < 4.78 is 25.8. The highest BCUT2D eigenvalue weighted by Crippen LogP contribution is 2.50. The fourth-order valence-corrected chi connectivity index (χ4v) is 8.80. The molecule has 6 rings (SSSR count). The number of hydrogen-bond donors (Lipinski definition) is 4. The predicted octanol–water partition coefficient (Wildman–Crippen LogP) is 6.86. The average molecular weight is 854 g/mol. The zero-order valence-corrected chi connectivity index (χ0v) is 37.5. The third-order valence-electron chi connectivity index (χ3n) is 12.8. The number of anilines is 1. The number of carbonyl (C=O) groups is 3. The Labute approximate surface area is 361 Å². The monoisotopic (exact) mass is 853 g/mol. The van der Waals surface area contributed by atoms with Crippen LogP contribution in [0.25, 0.3) is 33.2 Å². The number of carbonyl (C=O) groups excluding carboxylic acids is 3. The maximum Gasteiger partial charge on any atom is 0.302 e. The minimum absolute atomic E-state index is 0.00448. The van der Waals surface area contributed by atoms with Gasteiger partial charge in [-0.3, -0.25) is 19.2 Å². The van der Waals surface area contributed by atoms with Crippen LogP contribution >= 0.6 is 0 Å². The van der Waals surface area contributed by atoms with E-state index in [1.54, 1.807) is 69.7 Å². The van der Waals surface area contributed by atoms with Gasteiger partial charge in [0.15, 0.2) is 0 Å². The maximum atomic E-state index is 14.8. The van der Waals surface area contributed by atoms with Crippen LogP contribution in [0.15, 0.2) is 58.9 Å². The predicted molar refractivity (Wildman–Crippen MR) is 237 cm³/mol. The van der Waals surface area contributed by atoms with Crippen molar-refractivity contribution in [2.24, 2.45) is 30.7 Å². The molecule has 14 heteroatoms. The Balaban J connectivity index is 1.58. The number of aliphatic hydroxyl groups excluding tert-OH is 2. The van der Waals surface area contributed by atoms with Crippen molar-refractivity contribution in [3.05, 3.63) is 81.1 Å². The molecule has 0 aromatic heterocycles. The first-order valence-corrected chi connectivity index (χ1v) is 21.1. The number of nitrogens with zero attached hydrogens (tertiary/aromatic N) is 2. The molecule has 2 aromatic carbocycles. The number of fused-ring (bicyclic) bond motifs is 2. The van der Waals surface area contributed by atoms with Crippen LogP contribution in [-0.4, -0.2) is 86.5 Å². The summed E-state index contributed by atoms with van der Waals surface area (Å²) in [7, 11) is 3.25. The van der Waals surface area contributed by atoms with Gasteiger partial charge in [0.05, 0.1) is 58.3 Å². The van der Waals surface area contributed by atoms with Gasteiger partial charge in [-0.15, -0.1) is 0 Å². The molecule has 4 N–H and O–H groups in total. The lowest BCUT2D eigenvalue weighted by molar-refractivity contribution is -0.160. The number of nitrogens with one attached hydrogen (secondary N) is 1. The van der Waals surface area contributed by atoms with Crippen molar-refractivity contribution >= 4 is 45.2 Å². The third-order valence-corrected chi connectivity index (χ3v) is 12.8. The van der Waals surface area contributed by atoms with E-state index >= 15 is 0 Å². The van der Waals surface area contributed by atoms with Crippen molar-refractivity contribution < 1.29 is 48.7 Å². The number of aromatic hydroxyl groups is 1. The molecule has 3 aliphatic heterocycles. The topological polar surface area (TPSA) is 196 Å². The van der Waals surface area contributed by atoms with Gasteiger partial charge in [-0.1, -0.05) is 78.0 Å². The number of ether oxygens (including phenoxy) is 4. The summed E-state index contributed by atoms with van der Waals surface area (Å²) in [5.41, 5.74) is 2.09. The molecule has 62 heavy (non-hydrogen) atoms. The number of aryl methyl sites for hydroxylation is 1. The lowest BCUT2D eigenvalue weighted by atomic mass is 9.78. The van der Waals surface area contributed by atoms with E-state index in [2.05, 4.69) is 19.2 Å². The van der Waals surface area contributed by atoms with E-state index in [9.17, 15) is 34.5 Å². The molecule has 4 bridgehead atoms. The molecule has 9 atom stereocenters. The number of aliphatic hydroxyl groups is 2. The van der Waals surface area contributed by atoms with Crippen molar-refractivity contribution in [2.75, 3.05) is 19.0 Å². The molecule has 14 nitrogen and oxygen atoms in total. The Kier molecular flexibility index (Phi) is 13.2. The van der Waals surface area contributed by atoms with Gasteiger partial charge in [0.25, 0.3) is 11.7 Å². The number of phenolic OH excluding ortho intramolecular Hbond substituents is 1. The minimum atomic E-state index is -1.91. The number of phenols is 1. The van der Waals surface area contributed by atoms with E-state index in [4.69, 9.17) is 23.9 Å². The van der Waals surface area contributed by atoms with E-state index in [1.807, 2.05) is 25.1 Å². The third kappa shape index (κ3) is 8.16. The molecular weight excluding hydrogens is 795 g/mol. The number of ketones is 1. The standard InChI is InChI=1S/C48H59N3O11/c1-22(2)30-18-19-31-32(21-30)51(11)39-37(49-31)34-35-42(55)28(8)45-36(34)46(57)48(10,62-45)60-20-14-17-33(59-12)25(5)44(61-29(9)52)27(7)41(54)26(6)40(53)23(3)15-13-16-24(4)47(58)50-38(39)43(35)56/h13-19,21-23,25-27,33,40-41,44,53-55H,20H2,1-12H3,(H,50,58)/b15-13+,17-14+,24-16-/t23-,25+,26+,27+,33-,40-,41+,44+,48-/m0/s1. The van der Waals surface area contributed by atoms with Crippen LogP contribution in [0.5, 0.6) is 11.5 Å². The quantitative estimate of drug-likeness (QED) is 0.0725. The Morgan fingerprint density at radius 1 is 1.02 bits per heavy atom. The summed E-state index contributed by atoms with van der Waals surface area (Å²) in [5, 5.41) is 37.5. The SMILES string of the molecule is CO[C@H]1/C=C/CO[C@@]2(C)Oc3c(C)c(O)c4c(=O)c(c5n(C)c6cc(C(C)C)ccc6nc-5c4c3C2=O)NC(=O)/C(C)=C\C=C\[C@H](C)[C@H](O)[C@@H](C)[C@@H](O)[C@@H](C)[C@H](OC(C)=O)[C@@H]1C. The maximum absolute atomic E-state index is 14.8. The lowest BCUT2D eigenvalue weighted by Gasteiger charge is -2.38. The first-order valence-electron chi connectivity index (χ1n) is 21.1. The zero-order valence-electron chi connectivity index (χ0n) is 37.5. The number of benzene rings is 3. The lowest BCUT2D eigenvalue weighted by Crippen LogP contribution is -2.46. The summed E-state index contributed by atoms with van der Waals surface area (Å²) in [4.78, 5) is 60.9. The molecule has 2 aromatic rings. The van der Waals surface area contributed by atoms with Gasteiger partial charge in [-0.05, 0) is 37.5 Å². The van der Waals surface area contributed by atoms with E-state index in [1.165, 1.54) is 27.9 Å². The van der Waals surface area contributed by atoms with Crippen molar-refractivity contribution in [1.29, 1.82) is 0 Å². The van der Waals surface area contributed by atoms with Gasteiger partial charge in [-0.2, -0.15) is 0 Å². The average Bonchev–Trinajstić information content (AvgIpc) is 3.50. The van der Waals surface area contributed by atoms with Crippen molar-refractivity contribution in [3.63, 3.8) is 0 Å². The smallest absolute Gasteiger partial charge is 0.302 e. The van der Waals surface area contributed by atoms with Gasteiger partial charge in [0.1, 0.15) is 23.3 Å². The second kappa shape index (κ2) is 17.8. The molecule has 0 spiro atoms. The number of hydrogen-bond acceptors (Lipinski definition) is 12. The molecule has 332 valence electrons. The highest BCUT2D eigenvalue weighted by Gasteiger charge is 2.49. The molecule has 0 unspecified atom stereocenters. The van der Waals surface area contributed by atoms with Gasteiger partial charge in [0, 0.05) is 68.2 Å². The highest BCUT2D eigenvalue weighted by molar-refractivity contribution is 6.22. The van der Waals surface area contributed by atoms with E-state index in [0.717, 1.165) is 5.56 Å². The summed E-state index contributed by atoms with van der Waals surface area (Å²) in [6, 6.07) is 5.78. The number of aromatic nitrogens is 2. The fraction of sp³-hybridized carbons (Fsp3) is 0.479. The molecule has 1 aliphatic carbocycles. The van der Waals surface area contributed by atoms with E-state index < -0.39 is 82.7 Å². The number of methoxy groups -OCH3 is 1. The number of Topliss-reactive ketones (excluding diaryl/α,β-unsaturated/α-hetero) is 1. The molecule has 0 radical (unpaired) electrons. The van der Waals surface area contributed by atoms with Gasteiger partial charge in [0.2, 0.25) is 11.2 Å². The molecule has 4 aliphatic rings. The van der Waals surface area contributed by atoms with Crippen LogP contribution in [0, 0.1) is 30.6 Å². The van der Waals surface area contributed by atoms with Crippen LogP contribution in [0.1, 0.15) is 89.7 Å². The second-order valence-corrected chi connectivity index (χ2v) is 17.4. The summed E-state index contributed by atoms with van der Waals surface area (Å²) >= 11 is 0. The zero-order chi connectivity index (χ0) is 45.7. The van der Waals surface area contributed by atoms with Crippen LogP contribution in [0.4, 0.5) is 5.69 Å². The normalized spacial score (nSPS) is 29.7. The first kappa shape index (κ1) is 46.1. The van der Waals surface area contributed by atoms with Crippen LogP contribution < -0.4 is 15.5 Å². The van der Waals surface area contributed by atoms with Gasteiger partial charge in [-0.25, -0.2) is 4.98 Å². The summed E-state index contributed by atoms with van der Waals surface area (Å²) in [6.45, 7) is 16.9. The first-order chi connectivity index (χ1) is 29.1. The largest absolute Gasteiger partial charge is 0.507 e. The van der Waals surface area contributed by atoms with Crippen molar-refractivity contribution in [3.8, 4) is 22.9 Å². The Hall–Kier alpha value is -5.41. The Bertz CT molecular complexity index is 2560. The fourth-order valence-electron chi connectivity index (χ4n) is 8.80. The van der Waals surface area contributed by atoms with Gasteiger partial charge >= 0.3 is 5.97 Å². The number of rotatable bonds is 3. The number of allylic oxidation sites excluding steroid dienone is 2. The van der Waals surface area contributed by atoms with Crippen LogP contribution in [-0.2, 0) is 30.8 Å². The second-order valence-electron chi connectivity index (χ2n) is 17.4. The summed E-state index contributed by atoms with van der Waals surface area (Å²) in [6.07, 6.45) is 4.59. The van der Waals surface area contributed by atoms with E-state index in [-0.39, 0.29) is 62.8 Å². The highest BCUT2D eigenvalue weighted by atomic mass is 16.7. The van der Waals surface area contributed by atoms with Crippen molar-refractivity contribution in [1.82, 2.24) is 9.55 Å². The molecule has 1 amide bonds. The number of esters is 1. The van der Waals surface area contributed by atoms with Crippen molar-refractivity contribution in [2.45, 2.75) is 105 Å². The molecule has 0 fully saturated rings. The van der Waals surface area contributed by atoms with Gasteiger partial charge < -0.3 is 44.2 Å². The molecule has 0 saturated carbocycles. The Morgan fingerprint density at radius 2 is 1.71 bits per heavy atom. The molecule has 3 heterocycles.